The predicted molar refractivity (Wildman–Crippen MR) is 126 cm³/mol. The molecular weight excluding hydrogens is 432 g/mol. The zero-order valence-corrected chi connectivity index (χ0v) is 19.1. The lowest BCUT2D eigenvalue weighted by Crippen LogP contribution is -2.47. The van der Waals surface area contributed by atoms with E-state index >= 15 is 0 Å². The normalized spacial score (nSPS) is 20.6. The van der Waals surface area contributed by atoms with Crippen LogP contribution in [-0.2, 0) is 14.3 Å². The first-order chi connectivity index (χ1) is 16.5. The monoisotopic (exact) mass is 462 g/mol. The fraction of sp³-hybridized carbons (Fsp3) is 0.444. The van der Waals surface area contributed by atoms with Gasteiger partial charge in [0.25, 0.3) is 0 Å². The molecular formula is C27H30N2O5. The van der Waals surface area contributed by atoms with Gasteiger partial charge in [-0.1, -0.05) is 48.5 Å². The number of hydrogen-bond donors (Lipinski definition) is 2. The first kappa shape index (κ1) is 22.4. The van der Waals surface area contributed by atoms with Crippen molar-refractivity contribution in [1.29, 1.82) is 0 Å². The molecule has 3 aliphatic carbocycles. The Morgan fingerprint density at radius 1 is 0.941 bits per heavy atom. The fourth-order valence-electron chi connectivity index (χ4n) is 5.23. The van der Waals surface area contributed by atoms with E-state index in [1.165, 1.54) is 27.2 Å². The van der Waals surface area contributed by atoms with Gasteiger partial charge in [-0.15, -0.1) is 0 Å². The molecule has 0 radical (unpaired) electrons. The number of carboxylic acid groups (broad SMARTS) is 1. The smallest absolute Gasteiger partial charge is 0.407 e. The molecule has 0 unspecified atom stereocenters. The van der Waals surface area contributed by atoms with Crippen LogP contribution in [0.4, 0.5) is 4.79 Å². The van der Waals surface area contributed by atoms with E-state index in [9.17, 15) is 14.4 Å². The molecule has 3 aliphatic rings. The summed E-state index contributed by atoms with van der Waals surface area (Å²) in [6.07, 6.45) is 3.46. The summed E-state index contributed by atoms with van der Waals surface area (Å²) >= 11 is 0. The summed E-state index contributed by atoms with van der Waals surface area (Å²) in [5.74, 6) is -0.428. The summed E-state index contributed by atoms with van der Waals surface area (Å²) in [4.78, 5) is 37.6. The van der Waals surface area contributed by atoms with Gasteiger partial charge in [0.15, 0.2) is 0 Å². The van der Waals surface area contributed by atoms with Crippen LogP contribution in [0.2, 0.25) is 0 Å². The number of ether oxygens (including phenoxy) is 1. The highest BCUT2D eigenvalue weighted by molar-refractivity contribution is 5.82. The topological polar surface area (TPSA) is 95.9 Å². The van der Waals surface area contributed by atoms with Gasteiger partial charge < -0.3 is 20.1 Å². The molecule has 34 heavy (non-hydrogen) atoms. The number of hydrogen-bond acceptors (Lipinski definition) is 4. The average Bonchev–Trinajstić information content (AvgIpc) is 3.56. The maximum Gasteiger partial charge on any atom is 0.407 e. The maximum absolute atomic E-state index is 12.6. The van der Waals surface area contributed by atoms with E-state index in [4.69, 9.17) is 9.84 Å². The van der Waals surface area contributed by atoms with Crippen molar-refractivity contribution in [3.8, 4) is 11.1 Å². The van der Waals surface area contributed by atoms with Gasteiger partial charge in [0.1, 0.15) is 13.2 Å². The van der Waals surface area contributed by atoms with E-state index in [1.54, 1.807) is 0 Å². The Balaban J connectivity index is 1.08. The van der Waals surface area contributed by atoms with Gasteiger partial charge in [-0.2, -0.15) is 0 Å². The molecule has 0 atom stereocenters. The Morgan fingerprint density at radius 2 is 1.56 bits per heavy atom. The van der Waals surface area contributed by atoms with Gasteiger partial charge in [0.2, 0.25) is 5.91 Å². The Labute approximate surface area is 199 Å². The summed E-state index contributed by atoms with van der Waals surface area (Å²) < 4.78 is 5.60. The van der Waals surface area contributed by atoms with Gasteiger partial charge in [0.05, 0.1) is 0 Å². The second kappa shape index (κ2) is 9.49. The lowest BCUT2D eigenvalue weighted by Gasteiger charge is -2.36. The van der Waals surface area contributed by atoms with Crippen LogP contribution in [-0.4, -0.2) is 53.7 Å². The number of aliphatic carboxylic acids is 1. The molecule has 0 heterocycles. The number of alkyl carbamates (subject to hydrolysis) is 1. The first-order valence-corrected chi connectivity index (χ1v) is 12.1. The number of carboxylic acids is 1. The van der Waals surface area contributed by atoms with Gasteiger partial charge >= 0.3 is 12.1 Å². The summed E-state index contributed by atoms with van der Waals surface area (Å²) in [7, 11) is 0. The highest BCUT2D eigenvalue weighted by Crippen LogP contribution is 2.44. The molecule has 2 fully saturated rings. The molecule has 2 aromatic rings. The van der Waals surface area contributed by atoms with Crippen molar-refractivity contribution in [3.63, 3.8) is 0 Å². The number of benzene rings is 2. The van der Waals surface area contributed by atoms with Gasteiger partial charge in [0, 0.05) is 24.9 Å². The van der Waals surface area contributed by atoms with Crippen LogP contribution in [0.25, 0.3) is 11.1 Å². The minimum absolute atomic E-state index is 0.00944. The zero-order chi connectivity index (χ0) is 23.7. The molecule has 0 aromatic heterocycles. The SMILES string of the molecule is O=C(O)CN(CC1CC1)C(=O)CC1CC(NC(=O)OCC2c3ccccc3-c3ccccc32)C1. The lowest BCUT2D eigenvalue weighted by molar-refractivity contribution is -0.145. The van der Waals surface area contributed by atoms with Crippen molar-refractivity contribution in [2.24, 2.45) is 11.8 Å². The molecule has 0 bridgehead atoms. The van der Waals surface area contributed by atoms with E-state index in [0.29, 0.717) is 31.7 Å². The van der Waals surface area contributed by atoms with E-state index in [2.05, 4.69) is 29.6 Å². The Morgan fingerprint density at radius 3 is 2.15 bits per heavy atom. The highest BCUT2D eigenvalue weighted by atomic mass is 16.5. The minimum atomic E-state index is -0.975. The Bertz CT molecular complexity index is 1040. The number of fused-ring (bicyclic) bond motifs is 3. The molecule has 2 amide bonds. The fourth-order valence-corrected chi connectivity index (χ4v) is 5.23. The molecule has 178 valence electrons. The molecule has 7 nitrogen and oxygen atoms in total. The number of nitrogens with one attached hydrogen (secondary N) is 1. The van der Waals surface area contributed by atoms with E-state index in [1.807, 2.05) is 24.3 Å². The highest BCUT2D eigenvalue weighted by Gasteiger charge is 2.35. The second-order valence-corrected chi connectivity index (χ2v) is 9.82. The van der Waals surface area contributed by atoms with Crippen molar-refractivity contribution in [3.05, 3.63) is 59.7 Å². The number of amides is 2. The van der Waals surface area contributed by atoms with E-state index in [0.717, 1.165) is 12.8 Å². The van der Waals surface area contributed by atoms with Crippen molar-refractivity contribution in [1.82, 2.24) is 10.2 Å². The third kappa shape index (κ3) is 4.93. The van der Waals surface area contributed by atoms with Gasteiger partial charge in [-0.3, -0.25) is 9.59 Å². The van der Waals surface area contributed by atoms with Gasteiger partial charge in [-0.05, 0) is 59.8 Å². The average molecular weight is 463 g/mol. The number of carbonyl (C=O) groups excluding carboxylic acids is 2. The summed E-state index contributed by atoms with van der Waals surface area (Å²) in [6.45, 7) is 0.586. The molecule has 5 rings (SSSR count). The van der Waals surface area contributed by atoms with Crippen molar-refractivity contribution >= 4 is 18.0 Å². The molecule has 2 saturated carbocycles. The standard InChI is InChI=1S/C27H30N2O5/c30-25(29(15-26(31)32)14-17-9-10-17)13-18-11-19(12-18)28-27(33)34-16-24-22-7-3-1-5-20(22)21-6-2-4-8-23(21)24/h1-8,17-19,24H,9-16H2,(H,28,33)(H,31,32). The molecule has 2 N–H and O–H groups in total. The van der Waals surface area contributed by atoms with Crippen LogP contribution in [0.1, 0.15) is 49.1 Å². The van der Waals surface area contributed by atoms with Crippen LogP contribution in [0.5, 0.6) is 0 Å². The molecule has 7 heteroatoms. The quantitative estimate of drug-likeness (QED) is 0.587. The van der Waals surface area contributed by atoms with Crippen LogP contribution in [0.15, 0.2) is 48.5 Å². The summed E-state index contributed by atoms with van der Waals surface area (Å²) in [5.41, 5.74) is 4.74. The lowest BCUT2D eigenvalue weighted by atomic mass is 9.78. The zero-order valence-electron chi connectivity index (χ0n) is 19.1. The molecule has 0 aliphatic heterocycles. The Kier molecular flexibility index (Phi) is 6.26. The summed E-state index contributed by atoms with van der Waals surface area (Å²) in [5, 5.41) is 12.0. The van der Waals surface area contributed by atoms with Crippen LogP contribution in [0, 0.1) is 11.8 Å². The van der Waals surface area contributed by atoms with Crippen molar-refractivity contribution < 1.29 is 24.2 Å². The Hall–Kier alpha value is -3.35. The number of nitrogens with zero attached hydrogens (tertiary/aromatic N) is 1. The van der Waals surface area contributed by atoms with Crippen LogP contribution in [0.3, 0.4) is 0 Å². The number of rotatable bonds is 9. The largest absolute Gasteiger partial charge is 0.480 e. The molecule has 2 aromatic carbocycles. The second-order valence-electron chi connectivity index (χ2n) is 9.82. The van der Waals surface area contributed by atoms with Crippen molar-refractivity contribution in [2.75, 3.05) is 19.7 Å². The maximum atomic E-state index is 12.6. The number of carbonyl (C=O) groups is 3. The minimum Gasteiger partial charge on any atom is -0.480 e. The van der Waals surface area contributed by atoms with Crippen molar-refractivity contribution in [2.45, 2.75) is 44.1 Å². The summed E-state index contributed by atoms with van der Waals surface area (Å²) in [6, 6.07) is 16.4. The molecule has 0 saturated heterocycles. The van der Waals surface area contributed by atoms with Gasteiger partial charge in [-0.25, -0.2) is 4.79 Å². The third-order valence-electron chi connectivity index (χ3n) is 7.22. The van der Waals surface area contributed by atoms with E-state index < -0.39 is 12.1 Å². The van der Waals surface area contributed by atoms with Crippen LogP contribution < -0.4 is 5.32 Å². The predicted octanol–water partition coefficient (Wildman–Crippen LogP) is 4.02. The third-order valence-corrected chi connectivity index (χ3v) is 7.22. The van der Waals surface area contributed by atoms with E-state index in [-0.39, 0.29) is 36.9 Å². The van der Waals surface area contributed by atoms with Crippen LogP contribution >= 0.6 is 0 Å². The first-order valence-electron chi connectivity index (χ1n) is 12.1. The molecule has 0 spiro atoms.